The molecule has 1 fully saturated rings. The van der Waals surface area contributed by atoms with Crippen LogP contribution in [0.4, 0.5) is 8.78 Å². The van der Waals surface area contributed by atoms with Gasteiger partial charge in [0.15, 0.2) is 0 Å². The van der Waals surface area contributed by atoms with Crippen LogP contribution < -0.4 is 0 Å². The average molecular weight is 571 g/mol. The predicted octanol–water partition coefficient (Wildman–Crippen LogP) is 7.17. The van der Waals surface area contributed by atoms with Crippen molar-refractivity contribution in [3.05, 3.63) is 96.1 Å². The van der Waals surface area contributed by atoms with Crippen molar-refractivity contribution in [2.24, 2.45) is 11.8 Å². The van der Waals surface area contributed by atoms with Gasteiger partial charge in [0.25, 0.3) is 5.92 Å². The number of alkyl halides is 2. The van der Waals surface area contributed by atoms with Crippen LogP contribution in [0.2, 0.25) is 0 Å². The quantitative estimate of drug-likeness (QED) is 0.120. The van der Waals surface area contributed by atoms with Crippen molar-refractivity contribution >= 4 is 5.97 Å². The van der Waals surface area contributed by atoms with Crippen LogP contribution in [-0.2, 0) is 27.5 Å². The zero-order valence-corrected chi connectivity index (χ0v) is 23.9. The topological polar surface area (TPSA) is 76.0 Å². The van der Waals surface area contributed by atoms with Crippen LogP contribution in [0, 0.1) is 11.8 Å². The largest absolute Gasteiger partial charge is 0.461 e. The molecule has 0 amide bonds. The number of rotatable bonds is 17. The first-order valence-corrected chi connectivity index (χ1v) is 14.7. The molecule has 41 heavy (non-hydrogen) atoms. The number of aliphatic hydroxyl groups excluding tert-OH is 2. The monoisotopic (exact) mass is 570 g/mol. The first kappa shape index (κ1) is 32.6. The van der Waals surface area contributed by atoms with E-state index in [0.29, 0.717) is 51.6 Å². The molecule has 5 nitrogen and oxygen atoms in total. The highest BCUT2D eigenvalue weighted by molar-refractivity contribution is 5.69. The lowest BCUT2D eigenvalue weighted by atomic mass is 9.89. The van der Waals surface area contributed by atoms with Crippen molar-refractivity contribution in [2.45, 2.75) is 95.7 Å². The maximum absolute atomic E-state index is 14.4. The van der Waals surface area contributed by atoms with Crippen LogP contribution in [0.25, 0.3) is 0 Å². The minimum absolute atomic E-state index is 0.240. The Labute approximate surface area is 242 Å². The van der Waals surface area contributed by atoms with E-state index in [4.69, 9.17) is 9.47 Å². The molecule has 1 unspecified atom stereocenters. The van der Waals surface area contributed by atoms with E-state index in [2.05, 4.69) is 0 Å². The van der Waals surface area contributed by atoms with Crippen molar-refractivity contribution < 1.29 is 33.3 Å². The first-order chi connectivity index (χ1) is 19.8. The molecule has 1 aliphatic carbocycles. The molecule has 0 bridgehead atoms. The minimum Gasteiger partial charge on any atom is -0.461 e. The minimum atomic E-state index is -3.21. The Morgan fingerprint density at radius 2 is 1.68 bits per heavy atom. The fourth-order valence-corrected chi connectivity index (χ4v) is 5.12. The molecule has 7 heteroatoms. The maximum Gasteiger partial charge on any atom is 0.306 e. The van der Waals surface area contributed by atoms with Crippen molar-refractivity contribution in [3.8, 4) is 0 Å². The van der Waals surface area contributed by atoms with E-state index in [0.717, 1.165) is 11.1 Å². The molecule has 224 valence electrons. The zero-order valence-electron chi connectivity index (χ0n) is 23.9. The Kier molecular flexibility index (Phi) is 13.7. The van der Waals surface area contributed by atoms with Gasteiger partial charge in [0.1, 0.15) is 12.7 Å². The van der Waals surface area contributed by atoms with Crippen molar-refractivity contribution in [1.29, 1.82) is 0 Å². The van der Waals surface area contributed by atoms with Crippen LogP contribution in [0.1, 0.15) is 69.4 Å². The van der Waals surface area contributed by atoms with E-state index in [1.807, 2.05) is 79.7 Å². The average Bonchev–Trinajstić information content (AvgIpc) is 3.28. The van der Waals surface area contributed by atoms with Gasteiger partial charge in [-0.3, -0.25) is 4.79 Å². The third-order valence-corrected chi connectivity index (χ3v) is 7.58. The lowest BCUT2D eigenvalue weighted by molar-refractivity contribution is -0.145. The molecular weight excluding hydrogens is 526 g/mol. The summed E-state index contributed by atoms with van der Waals surface area (Å²) in [5.74, 6) is -4.02. The Hall–Kier alpha value is -2.87. The molecular formula is C34H44F2O5. The van der Waals surface area contributed by atoms with Gasteiger partial charge in [0, 0.05) is 25.2 Å². The van der Waals surface area contributed by atoms with Gasteiger partial charge in [0.05, 0.1) is 18.8 Å². The number of carbonyl (C=O) groups excluding carboxylic acids is 1. The number of hydrogen-bond acceptors (Lipinski definition) is 5. The number of carbonyl (C=O) groups is 1. The smallest absolute Gasteiger partial charge is 0.306 e. The molecule has 0 saturated heterocycles. The van der Waals surface area contributed by atoms with E-state index >= 15 is 0 Å². The second kappa shape index (κ2) is 17.2. The highest BCUT2D eigenvalue weighted by atomic mass is 19.3. The van der Waals surface area contributed by atoms with E-state index in [1.165, 1.54) is 6.08 Å². The Morgan fingerprint density at radius 1 is 1.02 bits per heavy atom. The molecule has 3 rings (SSSR count). The number of aliphatic hydroxyl groups is 2. The van der Waals surface area contributed by atoms with E-state index in [-0.39, 0.29) is 36.9 Å². The van der Waals surface area contributed by atoms with E-state index in [9.17, 15) is 23.8 Å². The number of esters is 1. The maximum atomic E-state index is 14.4. The molecule has 2 aromatic rings. The molecule has 1 aliphatic rings. The summed E-state index contributed by atoms with van der Waals surface area (Å²) in [4.78, 5) is 12.0. The van der Waals surface area contributed by atoms with Crippen molar-refractivity contribution in [2.75, 3.05) is 0 Å². The van der Waals surface area contributed by atoms with Gasteiger partial charge in [-0.1, -0.05) is 98.3 Å². The van der Waals surface area contributed by atoms with Crippen molar-refractivity contribution in [1.82, 2.24) is 0 Å². The third kappa shape index (κ3) is 11.1. The number of ether oxygens (including phenoxy) is 2. The van der Waals surface area contributed by atoms with Gasteiger partial charge in [-0.2, -0.15) is 0 Å². The lowest BCUT2D eigenvalue weighted by Crippen LogP contribution is -2.32. The summed E-state index contributed by atoms with van der Waals surface area (Å²) in [5.41, 5.74) is 1.93. The van der Waals surface area contributed by atoms with Crippen LogP contribution in [0.3, 0.4) is 0 Å². The summed E-state index contributed by atoms with van der Waals surface area (Å²) in [5, 5.41) is 21.1. The second-order valence-electron chi connectivity index (χ2n) is 10.8. The molecule has 2 N–H and O–H groups in total. The van der Waals surface area contributed by atoms with Gasteiger partial charge in [-0.25, -0.2) is 8.78 Å². The number of benzene rings is 2. The summed E-state index contributed by atoms with van der Waals surface area (Å²) in [6.45, 7) is 2.44. The highest BCUT2D eigenvalue weighted by Gasteiger charge is 2.42. The van der Waals surface area contributed by atoms with Gasteiger partial charge < -0.3 is 19.7 Å². The Balaban J connectivity index is 1.54. The van der Waals surface area contributed by atoms with Gasteiger partial charge in [-0.05, 0) is 42.7 Å². The van der Waals surface area contributed by atoms with Gasteiger partial charge in [0.2, 0.25) is 0 Å². The predicted molar refractivity (Wildman–Crippen MR) is 156 cm³/mol. The second-order valence-corrected chi connectivity index (χ2v) is 10.8. The third-order valence-electron chi connectivity index (χ3n) is 7.58. The molecule has 0 aliphatic heterocycles. The number of hydrogen-bond donors (Lipinski definition) is 2. The van der Waals surface area contributed by atoms with Crippen LogP contribution in [-0.4, -0.2) is 40.4 Å². The van der Waals surface area contributed by atoms with Gasteiger partial charge >= 0.3 is 5.97 Å². The molecule has 0 aromatic heterocycles. The summed E-state index contributed by atoms with van der Waals surface area (Å²) in [7, 11) is 0. The molecule has 0 radical (unpaired) electrons. The summed E-state index contributed by atoms with van der Waals surface area (Å²) >= 11 is 0. The van der Waals surface area contributed by atoms with Crippen LogP contribution in [0.15, 0.2) is 85.0 Å². The molecule has 0 spiro atoms. The SMILES string of the molecule is CCCCC(F)(F)C(O)C=C[C@@H]1[C@@H](CC=CCCCC(=O)OCc2ccccc2)[C@@H](O)C[C@H]1OCc1ccccc1. The van der Waals surface area contributed by atoms with Gasteiger partial charge in [-0.15, -0.1) is 0 Å². The Morgan fingerprint density at radius 3 is 2.34 bits per heavy atom. The molecule has 2 aromatic carbocycles. The fraction of sp³-hybridized carbons (Fsp3) is 0.500. The van der Waals surface area contributed by atoms with E-state index in [1.54, 1.807) is 6.08 Å². The van der Waals surface area contributed by atoms with Crippen LogP contribution >= 0.6 is 0 Å². The Bertz CT molecular complexity index is 1070. The summed E-state index contributed by atoms with van der Waals surface area (Å²) in [6.07, 6.45) is 6.94. The fourth-order valence-electron chi connectivity index (χ4n) is 5.12. The number of unbranched alkanes of at least 4 members (excludes halogenated alkanes) is 2. The molecule has 1 saturated carbocycles. The normalized spacial score (nSPS) is 22.0. The number of halogens is 2. The summed E-state index contributed by atoms with van der Waals surface area (Å²) < 4.78 is 40.3. The van der Waals surface area contributed by atoms with E-state index < -0.39 is 18.1 Å². The summed E-state index contributed by atoms with van der Waals surface area (Å²) in [6, 6.07) is 19.2. The lowest BCUT2D eigenvalue weighted by Gasteiger charge is -2.24. The molecule has 5 atom stereocenters. The molecule has 0 heterocycles. The first-order valence-electron chi connectivity index (χ1n) is 14.7. The van der Waals surface area contributed by atoms with Crippen LogP contribution in [0.5, 0.6) is 0 Å². The van der Waals surface area contributed by atoms with Crippen molar-refractivity contribution in [3.63, 3.8) is 0 Å². The standard InChI is InChI=1S/C34H44F2O5/c1-2-3-22-34(35,36)32(38)21-20-29-28(30(37)23-31(29)40-24-26-14-8-6-9-15-26)18-12-4-5-13-19-33(39)41-25-27-16-10-7-11-17-27/h4,6-12,14-17,20-21,28-32,37-38H,2-3,5,13,18-19,22-25H2,1H3/t28-,29-,30+,31-,32?/m1/s1. The number of allylic oxidation sites excluding steroid dienone is 2. The zero-order chi connectivity index (χ0) is 29.5. The highest BCUT2D eigenvalue weighted by Crippen LogP contribution is 2.39.